The van der Waals surface area contributed by atoms with Gasteiger partial charge in [0.1, 0.15) is 11.9 Å². The lowest BCUT2D eigenvalue weighted by Gasteiger charge is -2.30. The number of sulfonamides is 1. The van der Waals surface area contributed by atoms with E-state index < -0.39 is 21.9 Å². The van der Waals surface area contributed by atoms with Gasteiger partial charge in [-0.15, -0.1) is 0 Å². The van der Waals surface area contributed by atoms with Gasteiger partial charge >= 0.3 is 0 Å². The summed E-state index contributed by atoms with van der Waals surface area (Å²) in [6, 6.07) is 9.66. The average molecular weight is 561 g/mol. The van der Waals surface area contributed by atoms with Crippen molar-refractivity contribution in [3.8, 4) is 0 Å². The molecular weight excluding hydrogens is 528 g/mol. The largest absolute Gasteiger partial charge is 0.354 e. The van der Waals surface area contributed by atoms with Crippen LogP contribution in [0, 0.1) is 5.82 Å². The minimum Gasteiger partial charge on any atom is -0.354 e. The number of anilines is 1. The summed E-state index contributed by atoms with van der Waals surface area (Å²) in [5, 5.41) is 3.64. The third-order valence-electron chi connectivity index (χ3n) is 5.63. The molecule has 0 saturated carbocycles. The van der Waals surface area contributed by atoms with Crippen LogP contribution in [-0.4, -0.2) is 50.5 Å². The molecule has 1 atom stereocenters. The molecule has 0 spiro atoms. The van der Waals surface area contributed by atoms with Crippen LogP contribution in [0.15, 0.2) is 42.5 Å². The highest BCUT2D eigenvalue weighted by Gasteiger charge is 2.27. The van der Waals surface area contributed by atoms with Crippen LogP contribution < -0.4 is 9.62 Å². The lowest BCUT2D eigenvalue weighted by atomic mass is 10.1. The van der Waals surface area contributed by atoms with Gasteiger partial charge in [-0.05, 0) is 49.6 Å². The first-order valence-corrected chi connectivity index (χ1v) is 14.3. The van der Waals surface area contributed by atoms with Gasteiger partial charge in [-0.1, -0.05) is 54.7 Å². The van der Waals surface area contributed by atoms with Crippen LogP contribution in [-0.2, 0) is 26.2 Å². The normalized spacial score (nSPS) is 12.2. The Bertz CT molecular complexity index is 1160. The van der Waals surface area contributed by atoms with Crippen molar-refractivity contribution in [1.29, 1.82) is 0 Å². The number of rotatable bonds is 13. The van der Waals surface area contributed by atoms with Gasteiger partial charge in [-0.2, -0.15) is 0 Å². The summed E-state index contributed by atoms with van der Waals surface area (Å²) >= 11 is 12.3. The van der Waals surface area contributed by atoms with E-state index in [1.54, 1.807) is 25.1 Å². The predicted molar refractivity (Wildman–Crippen MR) is 142 cm³/mol. The highest BCUT2D eigenvalue weighted by molar-refractivity contribution is 7.92. The molecule has 2 rings (SSSR count). The minimum absolute atomic E-state index is 0.0573. The van der Waals surface area contributed by atoms with Gasteiger partial charge in [0.2, 0.25) is 21.8 Å². The summed E-state index contributed by atoms with van der Waals surface area (Å²) in [5.41, 5.74) is 0.535. The number of nitrogens with zero attached hydrogens (tertiary/aromatic N) is 2. The first-order valence-electron chi connectivity index (χ1n) is 11.7. The van der Waals surface area contributed by atoms with E-state index >= 15 is 0 Å². The molecule has 2 aromatic carbocycles. The van der Waals surface area contributed by atoms with Gasteiger partial charge in [0.25, 0.3) is 0 Å². The fourth-order valence-corrected chi connectivity index (χ4v) is 5.02. The first-order chi connectivity index (χ1) is 17.0. The minimum atomic E-state index is -3.79. The quantitative estimate of drug-likeness (QED) is 0.349. The van der Waals surface area contributed by atoms with Gasteiger partial charge in [0, 0.05) is 36.1 Å². The number of carbonyl (C=O) groups excluding carboxylic acids is 2. The fourth-order valence-electron chi connectivity index (χ4n) is 3.59. The highest BCUT2D eigenvalue weighted by Crippen LogP contribution is 2.25. The number of benzene rings is 2. The van der Waals surface area contributed by atoms with Crippen molar-refractivity contribution in [3.05, 3.63) is 63.9 Å². The lowest BCUT2D eigenvalue weighted by Crippen LogP contribution is -2.48. The second-order valence-corrected chi connectivity index (χ2v) is 11.2. The standard InChI is InChI=1S/C25H32Cl2FN3O4S/c1-4-5-14-29-25(33)18(2)30(17-19-12-13-20(26)16-21(19)27)24(32)11-8-15-31(36(3,34)35)23-10-7-6-9-22(23)28/h6-7,9-10,12-13,16,18H,4-5,8,11,14-15,17H2,1-3H3,(H,29,33)/t18-/m1/s1. The molecule has 2 aromatic rings. The van der Waals surface area contributed by atoms with Crippen LogP contribution in [0.2, 0.25) is 10.0 Å². The molecule has 2 amide bonds. The maximum absolute atomic E-state index is 14.3. The van der Waals surface area contributed by atoms with Crippen molar-refractivity contribution in [3.63, 3.8) is 0 Å². The Balaban J connectivity index is 2.19. The zero-order chi connectivity index (χ0) is 26.9. The molecule has 0 aliphatic carbocycles. The van der Waals surface area contributed by atoms with E-state index in [-0.39, 0.29) is 43.4 Å². The van der Waals surface area contributed by atoms with Crippen molar-refractivity contribution >= 4 is 50.7 Å². The first kappa shape index (κ1) is 29.9. The molecule has 0 aromatic heterocycles. The third-order valence-corrected chi connectivity index (χ3v) is 7.39. The van der Waals surface area contributed by atoms with Crippen LogP contribution in [0.5, 0.6) is 0 Å². The Morgan fingerprint density at radius 2 is 1.81 bits per heavy atom. The zero-order valence-electron chi connectivity index (χ0n) is 20.6. The van der Waals surface area contributed by atoms with Crippen LogP contribution in [0.4, 0.5) is 10.1 Å². The van der Waals surface area contributed by atoms with Crippen LogP contribution in [0.25, 0.3) is 0 Å². The number of unbranched alkanes of at least 4 members (excludes halogenated alkanes) is 1. The Kier molecular flexibility index (Phi) is 11.5. The lowest BCUT2D eigenvalue weighted by molar-refractivity contribution is -0.140. The van der Waals surface area contributed by atoms with E-state index in [2.05, 4.69) is 5.32 Å². The number of nitrogens with one attached hydrogen (secondary N) is 1. The Labute approximate surface area is 222 Å². The van der Waals surface area contributed by atoms with E-state index in [4.69, 9.17) is 23.2 Å². The molecule has 7 nitrogen and oxygen atoms in total. The van der Waals surface area contributed by atoms with E-state index in [0.29, 0.717) is 22.2 Å². The van der Waals surface area contributed by atoms with Gasteiger partial charge in [0.05, 0.1) is 11.9 Å². The number of halogens is 3. The zero-order valence-corrected chi connectivity index (χ0v) is 23.0. The summed E-state index contributed by atoms with van der Waals surface area (Å²) in [5.74, 6) is -1.34. The summed E-state index contributed by atoms with van der Waals surface area (Å²) in [6.45, 7) is 4.11. The smallest absolute Gasteiger partial charge is 0.242 e. The van der Waals surface area contributed by atoms with Crippen molar-refractivity contribution < 1.29 is 22.4 Å². The van der Waals surface area contributed by atoms with Gasteiger partial charge < -0.3 is 10.2 Å². The number of amides is 2. The molecule has 0 aliphatic heterocycles. The molecule has 0 radical (unpaired) electrons. The van der Waals surface area contributed by atoms with Crippen molar-refractivity contribution in [1.82, 2.24) is 10.2 Å². The third kappa shape index (κ3) is 8.64. The molecule has 36 heavy (non-hydrogen) atoms. The highest BCUT2D eigenvalue weighted by atomic mass is 35.5. The molecule has 198 valence electrons. The van der Waals surface area contributed by atoms with E-state index in [1.807, 2.05) is 6.92 Å². The van der Waals surface area contributed by atoms with E-state index in [9.17, 15) is 22.4 Å². The summed E-state index contributed by atoms with van der Waals surface area (Å²) < 4.78 is 39.8. The number of hydrogen-bond acceptors (Lipinski definition) is 4. The number of hydrogen-bond donors (Lipinski definition) is 1. The molecule has 0 fully saturated rings. The molecular formula is C25H32Cl2FN3O4S. The van der Waals surface area contributed by atoms with Crippen LogP contribution >= 0.6 is 23.2 Å². The van der Waals surface area contributed by atoms with Crippen molar-refractivity contribution in [2.45, 2.75) is 52.1 Å². The summed E-state index contributed by atoms with van der Waals surface area (Å²) in [4.78, 5) is 27.4. The van der Waals surface area contributed by atoms with E-state index in [1.165, 1.54) is 29.2 Å². The Morgan fingerprint density at radius 3 is 2.42 bits per heavy atom. The molecule has 0 heterocycles. The van der Waals surface area contributed by atoms with Gasteiger partial charge in [-0.3, -0.25) is 13.9 Å². The second kappa shape index (κ2) is 13.8. The number of carbonyl (C=O) groups is 2. The van der Waals surface area contributed by atoms with Crippen molar-refractivity contribution in [2.75, 3.05) is 23.7 Å². The molecule has 0 aliphatic rings. The monoisotopic (exact) mass is 559 g/mol. The van der Waals surface area contributed by atoms with E-state index in [0.717, 1.165) is 23.4 Å². The maximum atomic E-state index is 14.3. The van der Waals surface area contributed by atoms with Gasteiger partial charge in [0.15, 0.2) is 0 Å². The Hall–Kier alpha value is -2.36. The van der Waals surface area contributed by atoms with Gasteiger partial charge in [-0.25, -0.2) is 12.8 Å². The molecule has 0 unspecified atom stereocenters. The maximum Gasteiger partial charge on any atom is 0.242 e. The summed E-state index contributed by atoms with van der Waals surface area (Å²) in [6.07, 6.45) is 2.77. The molecule has 1 N–H and O–H groups in total. The molecule has 11 heteroatoms. The number of para-hydroxylation sites is 1. The molecule has 0 saturated heterocycles. The average Bonchev–Trinajstić information content (AvgIpc) is 2.81. The van der Waals surface area contributed by atoms with Crippen LogP contribution in [0.3, 0.4) is 0 Å². The Morgan fingerprint density at radius 1 is 1.11 bits per heavy atom. The predicted octanol–water partition coefficient (Wildman–Crippen LogP) is 5.01. The van der Waals surface area contributed by atoms with Crippen molar-refractivity contribution in [2.24, 2.45) is 0 Å². The topological polar surface area (TPSA) is 86.8 Å². The second-order valence-electron chi connectivity index (χ2n) is 8.47. The van der Waals surface area contributed by atoms with Crippen LogP contribution in [0.1, 0.15) is 45.1 Å². The molecule has 0 bridgehead atoms. The SMILES string of the molecule is CCCCNC(=O)[C@@H](C)N(Cc1ccc(Cl)cc1Cl)C(=O)CCCN(c1ccccc1F)S(C)(=O)=O. The summed E-state index contributed by atoms with van der Waals surface area (Å²) in [7, 11) is -3.79. The fraction of sp³-hybridized carbons (Fsp3) is 0.440.